The van der Waals surface area contributed by atoms with E-state index in [-0.39, 0.29) is 4.90 Å². The van der Waals surface area contributed by atoms with Crippen molar-refractivity contribution in [3.63, 3.8) is 0 Å². The van der Waals surface area contributed by atoms with Crippen molar-refractivity contribution in [3.05, 3.63) is 167 Å². The number of hydrogen-bond donors (Lipinski definition) is 0. The maximum absolute atomic E-state index is 10.4. The van der Waals surface area contributed by atoms with E-state index in [0.29, 0.717) is 32.4 Å². The van der Waals surface area contributed by atoms with Crippen LogP contribution >= 0.6 is 23.2 Å². The molecular weight excluding hydrogens is 737 g/mol. The van der Waals surface area contributed by atoms with Crippen LogP contribution in [0.1, 0.15) is 17.0 Å². The highest BCUT2D eigenvalue weighted by molar-refractivity contribution is 7.85. The Kier molecular flexibility index (Phi) is 9.25. The van der Waals surface area contributed by atoms with Crippen molar-refractivity contribution in [1.29, 1.82) is 0 Å². The molecule has 0 unspecified atom stereocenters. The average molecular weight is 769 g/mol. The highest BCUT2D eigenvalue weighted by Gasteiger charge is 2.28. The largest absolute Gasteiger partial charge is 0.744 e. The zero-order valence-electron chi connectivity index (χ0n) is 29.1. The summed E-state index contributed by atoms with van der Waals surface area (Å²) in [5.74, 6) is 0.901. The van der Waals surface area contributed by atoms with Crippen molar-refractivity contribution in [2.24, 2.45) is 7.05 Å². The fraction of sp³-hybridized carbons (Fsp3) is 0.0465. The third-order valence-corrected chi connectivity index (χ3v) is 10.8. The Hall–Kier alpha value is -5.84. The normalized spacial score (nSPS) is 11.9. The molecule has 0 saturated heterocycles. The Labute approximate surface area is 321 Å². The molecule has 6 aromatic carbocycles. The number of aromatic nitrogens is 5. The average Bonchev–Trinajstić information content (AvgIpc) is 3.64. The molecule has 0 radical (unpaired) electrons. The lowest BCUT2D eigenvalue weighted by Gasteiger charge is -2.05. The van der Waals surface area contributed by atoms with Gasteiger partial charge in [-0.1, -0.05) is 107 Å². The van der Waals surface area contributed by atoms with E-state index in [0.717, 1.165) is 28.3 Å². The summed E-state index contributed by atoms with van der Waals surface area (Å²) in [6, 6.07) is 44.9. The Morgan fingerprint density at radius 2 is 1.30 bits per heavy atom. The first-order chi connectivity index (χ1) is 26.1. The van der Waals surface area contributed by atoms with E-state index in [1.807, 2.05) is 43.3 Å². The van der Waals surface area contributed by atoms with Gasteiger partial charge < -0.3 is 9.12 Å². The van der Waals surface area contributed by atoms with Crippen LogP contribution in [0.3, 0.4) is 0 Å². The van der Waals surface area contributed by atoms with Crippen LogP contribution in [0.5, 0.6) is 0 Å². The van der Waals surface area contributed by atoms with Crippen LogP contribution in [-0.2, 0) is 17.2 Å². The molecule has 0 amide bonds. The van der Waals surface area contributed by atoms with Gasteiger partial charge in [0.15, 0.2) is 5.52 Å². The first-order valence-electron chi connectivity index (χ1n) is 17.0. The highest BCUT2D eigenvalue weighted by Crippen LogP contribution is 2.31. The number of fused-ring (bicyclic) bond motifs is 5. The van der Waals surface area contributed by atoms with Crippen LogP contribution in [0.15, 0.2) is 144 Å². The Morgan fingerprint density at radius 1 is 0.685 bits per heavy atom. The summed E-state index contributed by atoms with van der Waals surface area (Å²) in [6.45, 7) is 1.82. The molecule has 3 aromatic heterocycles. The number of halogens is 2. The molecule has 0 spiro atoms. The van der Waals surface area contributed by atoms with Gasteiger partial charge >= 0.3 is 5.65 Å². The highest BCUT2D eigenvalue weighted by atomic mass is 35.5. The van der Waals surface area contributed by atoms with Gasteiger partial charge in [-0.05, 0) is 79.2 Å². The van der Waals surface area contributed by atoms with E-state index >= 15 is 0 Å². The molecule has 54 heavy (non-hydrogen) atoms. The van der Waals surface area contributed by atoms with Crippen molar-refractivity contribution < 1.29 is 17.5 Å². The summed E-state index contributed by atoms with van der Waals surface area (Å²) in [5.41, 5.74) is 9.16. The molecule has 0 N–H and O–H groups in total. The third kappa shape index (κ3) is 6.63. The zero-order valence-corrected chi connectivity index (χ0v) is 31.4. The molecule has 9 aromatic rings. The number of aryl methyl sites for hydroxylation is 2. The minimum Gasteiger partial charge on any atom is -0.744 e. The van der Waals surface area contributed by atoms with Crippen molar-refractivity contribution in [2.75, 3.05) is 0 Å². The van der Waals surface area contributed by atoms with Crippen molar-refractivity contribution in [1.82, 2.24) is 19.1 Å². The number of imidazole rings is 1. The second kappa shape index (κ2) is 14.2. The van der Waals surface area contributed by atoms with Gasteiger partial charge in [0.1, 0.15) is 27.0 Å². The van der Waals surface area contributed by atoms with E-state index in [1.165, 1.54) is 33.9 Å². The molecule has 11 heteroatoms. The molecule has 0 aliphatic heterocycles. The van der Waals surface area contributed by atoms with Gasteiger partial charge in [-0.15, -0.1) is 0 Å². The van der Waals surface area contributed by atoms with Gasteiger partial charge in [0.05, 0.1) is 14.9 Å². The predicted octanol–water partition coefficient (Wildman–Crippen LogP) is 9.87. The Morgan fingerprint density at radius 3 is 1.98 bits per heavy atom. The molecule has 0 aliphatic rings. The topological polar surface area (TPSA) is 96.7 Å². The van der Waals surface area contributed by atoms with Gasteiger partial charge in [-0.25, -0.2) is 18.0 Å². The molecule has 0 bridgehead atoms. The maximum Gasteiger partial charge on any atom is 0.328 e. The molecule has 0 aliphatic carbocycles. The first kappa shape index (κ1) is 35.2. The van der Waals surface area contributed by atoms with Crippen LogP contribution in [0.2, 0.25) is 10.0 Å². The van der Waals surface area contributed by atoms with Crippen LogP contribution in [0.4, 0.5) is 0 Å². The molecular formula is C43H31Cl2N5O3S. The molecule has 3 heterocycles. The van der Waals surface area contributed by atoms with Gasteiger partial charge in [-0.2, -0.15) is 4.57 Å². The minimum atomic E-state index is -4.27. The van der Waals surface area contributed by atoms with Gasteiger partial charge in [0.25, 0.3) is 5.65 Å². The van der Waals surface area contributed by atoms with E-state index < -0.39 is 10.1 Å². The van der Waals surface area contributed by atoms with E-state index in [4.69, 9.17) is 33.2 Å². The third-order valence-electron chi connectivity index (χ3n) is 9.25. The summed E-state index contributed by atoms with van der Waals surface area (Å²) in [7, 11) is -2.15. The lowest BCUT2D eigenvalue weighted by Crippen LogP contribution is -2.34. The van der Waals surface area contributed by atoms with Crippen LogP contribution in [-0.4, -0.2) is 32.1 Å². The second-order valence-electron chi connectivity index (χ2n) is 12.8. The van der Waals surface area contributed by atoms with E-state index in [1.54, 1.807) is 24.3 Å². The SMILES string of the molecule is Cc1ccc(S(=O)(=O)[O-])cc1.Cn1c2ccccc2c2cc(C=Cc3n(-c4ccccc4)c4nc5cc(Cl)c(Cl)cc5nc4[n+]3-c3ccccc3)ccc21. The molecule has 0 atom stereocenters. The lowest BCUT2D eigenvalue weighted by atomic mass is 10.1. The standard InChI is InChI=1S/C36H24Cl2N5.C7H8O3S/c1-41-32-15-9-8-14-26(32)27-20-23(16-18-33(27)41)17-19-34-42(24-10-4-2-5-11-24)35-36(43(34)25-12-6-3-7-13-25)40-31-22-29(38)28(37)21-30(31)39-35;1-6-2-4-7(5-3-6)11(8,9)10/h2-22H,1H3;2-5H,1H3,(H,8,9,10)/q+1;/p-1. The van der Waals surface area contributed by atoms with Crippen molar-refractivity contribution in [3.8, 4) is 11.4 Å². The summed E-state index contributed by atoms with van der Waals surface area (Å²) in [6.07, 6.45) is 4.29. The summed E-state index contributed by atoms with van der Waals surface area (Å²) in [4.78, 5) is 10.0. The van der Waals surface area contributed by atoms with Crippen LogP contribution in [0, 0.1) is 6.92 Å². The summed E-state index contributed by atoms with van der Waals surface area (Å²) < 4.78 is 37.7. The Balaban J connectivity index is 0.000000325. The fourth-order valence-corrected chi connectivity index (χ4v) is 7.41. The number of rotatable bonds is 5. The molecule has 9 rings (SSSR count). The predicted molar refractivity (Wildman–Crippen MR) is 216 cm³/mol. The molecule has 0 saturated carbocycles. The Bertz CT molecular complexity index is 2900. The number of para-hydroxylation sites is 3. The quantitative estimate of drug-likeness (QED) is 0.128. The van der Waals surface area contributed by atoms with E-state index in [9.17, 15) is 13.0 Å². The van der Waals surface area contributed by atoms with Crippen molar-refractivity contribution in [2.45, 2.75) is 11.8 Å². The maximum atomic E-state index is 10.4. The second-order valence-corrected chi connectivity index (χ2v) is 15.0. The monoisotopic (exact) mass is 767 g/mol. The summed E-state index contributed by atoms with van der Waals surface area (Å²) in [5, 5.41) is 3.36. The van der Waals surface area contributed by atoms with Gasteiger partial charge in [0, 0.05) is 41.0 Å². The van der Waals surface area contributed by atoms with Crippen LogP contribution in [0.25, 0.3) is 67.7 Å². The molecule has 8 nitrogen and oxygen atoms in total. The van der Waals surface area contributed by atoms with Crippen LogP contribution < -0.4 is 4.57 Å². The van der Waals surface area contributed by atoms with E-state index in [2.05, 4.69) is 99.6 Å². The zero-order chi connectivity index (χ0) is 37.6. The molecule has 266 valence electrons. The fourth-order valence-electron chi connectivity index (χ4n) is 6.63. The first-order valence-corrected chi connectivity index (χ1v) is 19.2. The van der Waals surface area contributed by atoms with Gasteiger partial charge in [0.2, 0.25) is 5.82 Å². The van der Waals surface area contributed by atoms with Crippen molar-refractivity contribution >= 4 is 89.6 Å². The number of hydrogen-bond acceptors (Lipinski definition) is 5. The lowest BCUT2D eigenvalue weighted by molar-refractivity contribution is -0.572. The smallest absolute Gasteiger partial charge is 0.328 e. The number of benzene rings is 6. The minimum absolute atomic E-state index is 0.178. The van der Waals surface area contributed by atoms with Gasteiger partial charge in [-0.3, -0.25) is 0 Å². The molecule has 0 fully saturated rings. The summed E-state index contributed by atoms with van der Waals surface area (Å²) >= 11 is 12.8. The number of nitrogens with zero attached hydrogens (tertiary/aromatic N) is 5.